The predicted octanol–water partition coefficient (Wildman–Crippen LogP) is 5.81. The van der Waals surface area contributed by atoms with E-state index in [4.69, 9.17) is 0 Å². The summed E-state index contributed by atoms with van der Waals surface area (Å²) in [6.45, 7) is 3.18. The van der Waals surface area contributed by atoms with Gasteiger partial charge in [-0.15, -0.1) is 0 Å². The van der Waals surface area contributed by atoms with Crippen LogP contribution in [0, 0.1) is 0 Å². The Kier molecular flexibility index (Phi) is 6.22. The van der Waals surface area contributed by atoms with Crippen molar-refractivity contribution in [3.8, 4) is 0 Å². The lowest BCUT2D eigenvalue weighted by molar-refractivity contribution is 0.799. The normalized spacial score (nSPS) is 10.6. The first-order chi connectivity index (χ1) is 12.4. The second kappa shape index (κ2) is 9.03. The fourth-order valence-electron chi connectivity index (χ4n) is 3.10. The predicted molar refractivity (Wildman–Crippen MR) is 106 cm³/mol. The van der Waals surface area contributed by atoms with E-state index in [1.165, 1.54) is 29.7 Å². The fourth-order valence-corrected chi connectivity index (χ4v) is 3.10. The van der Waals surface area contributed by atoms with Crippen LogP contribution >= 0.6 is 0 Å². The molecule has 0 bridgehead atoms. The SMILES string of the molecule is CCCc1ccc(CCCN(c2ccccc2)c2ccccn2)cc1. The summed E-state index contributed by atoms with van der Waals surface area (Å²) in [6.07, 6.45) is 6.41. The summed E-state index contributed by atoms with van der Waals surface area (Å²) in [5.41, 5.74) is 4.04. The Hall–Kier alpha value is -2.61. The summed E-state index contributed by atoms with van der Waals surface area (Å²) in [5, 5.41) is 0. The number of aryl methyl sites for hydroxylation is 2. The molecule has 128 valence electrons. The van der Waals surface area contributed by atoms with E-state index < -0.39 is 0 Å². The minimum atomic E-state index is 0.956. The molecule has 0 aliphatic carbocycles. The van der Waals surface area contributed by atoms with Gasteiger partial charge >= 0.3 is 0 Å². The highest BCUT2D eigenvalue weighted by Gasteiger charge is 2.09. The van der Waals surface area contributed by atoms with Gasteiger partial charge < -0.3 is 4.90 Å². The second-order valence-electron chi connectivity index (χ2n) is 6.35. The third-order valence-electron chi connectivity index (χ3n) is 4.40. The standard InChI is InChI=1S/C23H26N2/c1-2-9-20-14-16-21(17-15-20)10-8-19-25(22-11-4-3-5-12-22)23-13-6-7-18-24-23/h3-7,11-18H,2,8-10,19H2,1H3. The number of nitrogens with zero attached hydrogens (tertiary/aromatic N) is 2. The molecule has 0 saturated carbocycles. The molecule has 0 aliphatic rings. The first kappa shape index (κ1) is 17.2. The van der Waals surface area contributed by atoms with Crippen molar-refractivity contribution in [2.45, 2.75) is 32.6 Å². The van der Waals surface area contributed by atoms with Crippen LogP contribution in [0.25, 0.3) is 0 Å². The summed E-state index contributed by atoms with van der Waals surface area (Å²) in [6, 6.07) is 25.7. The van der Waals surface area contributed by atoms with Gasteiger partial charge in [-0.1, -0.05) is 61.9 Å². The van der Waals surface area contributed by atoms with Crippen LogP contribution in [-0.4, -0.2) is 11.5 Å². The molecule has 2 heteroatoms. The van der Waals surface area contributed by atoms with Gasteiger partial charge in [-0.2, -0.15) is 0 Å². The van der Waals surface area contributed by atoms with E-state index in [-0.39, 0.29) is 0 Å². The van der Waals surface area contributed by atoms with Gasteiger partial charge in [0.1, 0.15) is 5.82 Å². The Morgan fingerprint density at radius 3 is 2.08 bits per heavy atom. The molecule has 2 aromatic carbocycles. The van der Waals surface area contributed by atoms with Crippen molar-refractivity contribution in [3.05, 3.63) is 90.1 Å². The summed E-state index contributed by atoms with van der Waals surface area (Å²) in [4.78, 5) is 6.84. The maximum absolute atomic E-state index is 4.54. The van der Waals surface area contributed by atoms with Crippen molar-refractivity contribution in [3.63, 3.8) is 0 Å². The molecule has 0 spiro atoms. The average molecular weight is 330 g/mol. The first-order valence-corrected chi connectivity index (χ1v) is 9.18. The smallest absolute Gasteiger partial charge is 0.132 e. The van der Waals surface area contributed by atoms with Crippen molar-refractivity contribution in [1.29, 1.82) is 0 Å². The number of hydrogen-bond donors (Lipinski definition) is 0. The van der Waals surface area contributed by atoms with E-state index in [0.29, 0.717) is 0 Å². The van der Waals surface area contributed by atoms with Gasteiger partial charge in [0, 0.05) is 18.4 Å². The van der Waals surface area contributed by atoms with Crippen molar-refractivity contribution in [1.82, 2.24) is 4.98 Å². The number of aromatic nitrogens is 1. The molecule has 0 fully saturated rings. The first-order valence-electron chi connectivity index (χ1n) is 9.18. The zero-order valence-electron chi connectivity index (χ0n) is 14.9. The Bertz CT molecular complexity index is 697. The molecule has 0 N–H and O–H groups in total. The summed E-state index contributed by atoms with van der Waals surface area (Å²) in [7, 11) is 0. The third-order valence-corrected chi connectivity index (χ3v) is 4.40. The zero-order valence-corrected chi connectivity index (χ0v) is 14.9. The molecule has 1 aromatic heterocycles. The van der Waals surface area contributed by atoms with Crippen LogP contribution in [0.3, 0.4) is 0 Å². The van der Waals surface area contributed by atoms with E-state index in [2.05, 4.69) is 77.5 Å². The lowest BCUT2D eigenvalue weighted by Crippen LogP contribution is -2.19. The zero-order chi connectivity index (χ0) is 17.3. The fraction of sp³-hybridized carbons (Fsp3) is 0.261. The molecule has 0 unspecified atom stereocenters. The maximum atomic E-state index is 4.54. The Morgan fingerprint density at radius 2 is 1.44 bits per heavy atom. The molecule has 0 aliphatic heterocycles. The van der Waals surface area contributed by atoms with Gasteiger partial charge in [0.05, 0.1) is 0 Å². The molecule has 0 amide bonds. The average Bonchev–Trinajstić information content (AvgIpc) is 2.68. The maximum Gasteiger partial charge on any atom is 0.132 e. The van der Waals surface area contributed by atoms with E-state index >= 15 is 0 Å². The van der Waals surface area contributed by atoms with E-state index in [9.17, 15) is 0 Å². The molecular formula is C23H26N2. The van der Waals surface area contributed by atoms with Crippen molar-refractivity contribution < 1.29 is 0 Å². The quantitative estimate of drug-likeness (QED) is 0.518. The summed E-state index contributed by atoms with van der Waals surface area (Å²) < 4.78 is 0. The largest absolute Gasteiger partial charge is 0.326 e. The van der Waals surface area contributed by atoms with Crippen molar-refractivity contribution in [2.75, 3.05) is 11.4 Å². The highest BCUT2D eigenvalue weighted by Crippen LogP contribution is 2.23. The molecule has 3 rings (SSSR count). The number of pyridine rings is 1. The molecule has 1 heterocycles. The molecule has 0 atom stereocenters. The lowest BCUT2D eigenvalue weighted by atomic mass is 10.0. The van der Waals surface area contributed by atoms with Crippen LogP contribution in [0.4, 0.5) is 11.5 Å². The summed E-state index contributed by atoms with van der Waals surface area (Å²) in [5.74, 6) is 1.01. The topological polar surface area (TPSA) is 16.1 Å². The van der Waals surface area contributed by atoms with E-state index in [1.807, 2.05) is 18.3 Å². The number of para-hydroxylation sites is 1. The lowest BCUT2D eigenvalue weighted by Gasteiger charge is -2.24. The molecule has 3 aromatic rings. The van der Waals surface area contributed by atoms with Crippen LogP contribution in [0.15, 0.2) is 79.0 Å². The minimum absolute atomic E-state index is 0.956. The van der Waals surface area contributed by atoms with Gasteiger partial charge in [0.2, 0.25) is 0 Å². The molecule has 0 saturated heterocycles. The third kappa shape index (κ3) is 4.93. The monoisotopic (exact) mass is 330 g/mol. The van der Waals surface area contributed by atoms with Crippen LogP contribution in [0.1, 0.15) is 30.9 Å². The van der Waals surface area contributed by atoms with Gasteiger partial charge in [-0.3, -0.25) is 0 Å². The van der Waals surface area contributed by atoms with Crippen LogP contribution in [0.5, 0.6) is 0 Å². The Morgan fingerprint density at radius 1 is 0.760 bits per heavy atom. The van der Waals surface area contributed by atoms with Crippen molar-refractivity contribution in [2.24, 2.45) is 0 Å². The Balaban J connectivity index is 1.65. The molecule has 25 heavy (non-hydrogen) atoms. The molecular weight excluding hydrogens is 304 g/mol. The van der Waals surface area contributed by atoms with Gasteiger partial charge in [-0.25, -0.2) is 4.98 Å². The Labute approximate surface area is 151 Å². The van der Waals surface area contributed by atoms with Crippen molar-refractivity contribution >= 4 is 11.5 Å². The minimum Gasteiger partial charge on any atom is -0.326 e. The van der Waals surface area contributed by atoms with Gasteiger partial charge in [0.15, 0.2) is 0 Å². The van der Waals surface area contributed by atoms with Crippen LogP contribution in [0.2, 0.25) is 0 Å². The number of benzene rings is 2. The van der Waals surface area contributed by atoms with Crippen LogP contribution in [-0.2, 0) is 12.8 Å². The second-order valence-corrected chi connectivity index (χ2v) is 6.35. The summed E-state index contributed by atoms with van der Waals surface area (Å²) >= 11 is 0. The van der Waals surface area contributed by atoms with Gasteiger partial charge in [-0.05, 0) is 54.7 Å². The number of anilines is 2. The number of hydrogen-bond acceptors (Lipinski definition) is 2. The highest BCUT2D eigenvalue weighted by molar-refractivity contribution is 5.59. The van der Waals surface area contributed by atoms with E-state index in [0.717, 1.165) is 25.2 Å². The molecule has 2 nitrogen and oxygen atoms in total. The molecule has 0 radical (unpaired) electrons. The van der Waals surface area contributed by atoms with Gasteiger partial charge in [0.25, 0.3) is 0 Å². The highest BCUT2D eigenvalue weighted by atomic mass is 15.2. The van der Waals surface area contributed by atoms with E-state index in [1.54, 1.807) is 0 Å². The van der Waals surface area contributed by atoms with Crippen LogP contribution < -0.4 is 4.90 Å². The number of rotatable bonds is 8.